The van der Waals surface area contributed by atoms with Crippen LogP contribution in [0.25, 0.3) is 0 Å². The number of carbonyl (C=O) groups excluding carboxylic acids is 1. The third-order valence-corrected chi connectivity index (χ3v) is 2.91. The van der Waals surface area contributed by atoms with Crippen molar-refractivity contribution in [2.24, 2.45) is 0 Å². The van der Waals surface area contributed by atoms with Crippen molar-refractivity contribution in [1.29, 1.82) is 0 Å². The minimum Gasteiger partial charge on any atom is -0.356 e. The summed E-state index contributed by atoms with van der Waals surface area (Å²) in [6, 6.07) is 0.533. The molecular weight excluding hydrogens is 212 g/mol. The van der Waals surface area contributed by atoms with Gasteiger partial charge in [-0.3, -0.25) is 4.79 Å². The van der Waals surface area contributed by atoms with Gasteiger partial charge in [-0.15, -0.1) is 0 Å². The Kier molecular flexibility index (Phi) is 11.5. The second-order valence-corrected chi connectivity index (χ2v) is 4.80. The molecule has 0 rings (SSSR count). The van der Waals surface area contributed by atoms with Crippen LogP contribution < -0.4 is 10.6 Å². The van der Waals surface area contributed by atoms with Crippen LogP contribution in [0.1, 0.15) is 65.7 Å². The van der Waals surface area contributed by atoms with Crippen molar-refractivity contribution in [2.75, 3.05) is 13.1 Å². The maximum Gasteiger partial charge on any atom is 0.221 e. The van der Waals surface area contributed by atoms with Crippen molar-refractivity contribution in [3.05, 3.63) is 0 Å². The molecule has 0 heterocycles. The number of hydrogen-bond donors (Lipinski definition) is 2. The van der Waals surface area contributed by atoms with E-state index >= 15 is 0 Å². The molecule has 0 saturated heterocycles. The highest BCUT2D eigenvalue weighted by Crippen LogP contribution is 2.04. The van der Waals surface area contributed by atoms with Gasteiger partial charge in [0.05, 0.1) is 0 Å². The maximum atomic E-state index is 11.3. The quantitative estimate of drug-likeness (QED) is 0.547. The van der Waals surface area contributed by atoms with Crippen molar-refractivity contribution < 1.29 is 4.79 Å². The fourth-order valence-corrected chi connectivity index (χ4v) is 1.76. The number of carbonyl (C=O) groups is 1. The van der Waals surface area contributed by atoms with Crippen molar-refractivity contribution >= 4 is 5.91 Å². The van der Waals surface area contributed by atoms with E-state index in [4.69, 9.17) is 0 Å². The summed E-state index contributed by atoms with van der Waals surface area (Å²) >= 11 is 0. The Labute approximate surface area is 107 Å². The molecule has 0 aliphatic heterocycles. The topological polar surface area (TPSA) is 41.1 Å². The minimum atomic E-state index is 0.164. The molecule has 0 aliphatic carbocycles. The minimum absolute atomic E-state index is 0.164. The van der Waals surface area contributed by atoms with Crippen LogP contribution >= 0.6 is 0 Å². The lowest BCUT2D eigenvalue weighted by atomic mass is 10.1. The van der Waals surface area contributed by atoms with Gasteiger partial charge in [-0.05, 0) is 19.8 Å². The fourth-order valence-electron chi connectivity index (χ4n) is 1.76. The number of unbranched alkanes of at least 4 members (excludes halogenated alkanes) is 3. The third kappa shape index (κ3) is 11.7. The standard InChI is InChI=1S/C14H30N2O/c1-4-6-7-8-9-13(3)15-12-10-14(17)16-11-5-2/h13,15H,4-12H2,1-3H3,(H,16,17). The van der Waals surface area contributed by atoms with E-state index in [0.29, 0.717) is 12.5 Å². The van der Waals surface area contributed by atoms with Gasteiger partial charge < -0.3 is 10.6 Å². The lowest BCUT2D eigenvalue weighted by Crippen LogP contribution is -2.32. The summed E-state index contributed by atoms with van der Waals surface area (Å²) in [5.74, 6) is 0.164. The highest BCUT2D eigenvalue weighted by atomic mass is 16.1. The van der Waals surface area contributed by atoms with E-state index in [0.717, 1.165) is 19.5 Å². The molecule has 0 radical (unpaired) electrons. The molecule has 0 bridgehead atoms. The first-order valence-corrected chi connectivity index (χ1v) is 7.20. The molecular formula is C14H30N2O. The second kappa shape index (κ2) is 11.9. The molecule has 0 saturated carbocycles. The smallest absolute Gasteiger partial charge is 0.221 e. The van der Waals surface area contributed by atoms with Crippen LogP contribution in [0.2, 0.25) is 0 Å². The monoisotopic (exact) mass is 242 g/mol. The van der Waals surface area contributed by atoms with E-state index < -0.39 is 0 Å². The third-order valence-electron chi connectivity index (χ3n) is 2.91. The Morgan fingerprint density at radius 2 is 1.82 bits per heavy atom. The molecule has 1 amide bonds. The average Bonchev–Trinajstić information content (AvgIpc) is 2.32. The summed E-state index contributed by atoms with van der Waals surface area (Å²) in [6.07, 6.45) is 8.08. The van der Waals surface area contributed by atoms with Crippen LogP contribution in [-0.4, -0.2) is 25.0 Å². The predicted octanol–water partition coefficient (Wildman–Crippen LogP) is 2.85. The molecule has 0 aromatic rings. The van der Waals surface area contributed by atoms with Gasteiger partial charge in [0.1, 0.15) is 0 Å². The summed E-state index contributed by atoms with van der Waals surface area (Å²) in [4.78, 5) is 11.3. The van der Waals surface area contributed by atoms with Crippen LogP contribution in [0.4, 0.5) is 0 Å². The van der Waals surface area contributed by atoms with E-state index in [2.05, 4.69) is 31.4 Å². The van der Waals surface area contributed by atoms with Crippen molar-refractivity contribution in [1.82, 2.24) is 10.6 Å². The van der Waals surface area contributed by atoms with E-state index in [1.807, 2.05) is 0 Å². The summed E-state index contributed by atoms with van der Waals surface area (Å²) in [5, 5.41) is 6.29. The molecule has 0 aromatic heterocycles. The van der Waals surface area contributed by atoms with Gasteiger partial charge in [-0.2, -0.15) is 0 Å². The van der Waals surface area contributed by atoms with Gasteiger partial charge in [0.15, 0.2) is 0 Å². The van der Waals surface area contributed by atoms with Gasteiger partial charge in [-0.25, -0.2) is 0 Å². The van der Waals surface area contributed by atoms with Gasteiger partial charge in [0.2, 0.25) is 5.91 Å². The molecule has 0 aromatic carbocycles. The highest BCUT2D eigenvalue weighted by molar-refractivity contribution is 5.75. The Morgan fingerprint density at radius 1 is 1.06 bits per heavy atom. The Bertz CT molecular complexity index is 183. The first-order chi connectivity index (χ1) is 8.20. The average molecular weight is 242 g/mol. The van der Waals surface area contributed by atoms with E-state index in [-0.39, 0.29) is 5.91 Å². The molecule has 0 fully saturated rings. The van der Waals surface area contributed by atoms with Crippen molar-refractivity contribution in [3.8, 4) is 0 Å². The van der Waals surface area contributed by atoms with Crippen LogP contribution in [0.5, 0.6) is 0 Å². The Hall–Kier alpha value is -0.570. The van der Waals surface area contributed by atoms with E-state index in [1.165, 1.54) is 32.1 Å². The van der Waals surface area contributed by atoms with Crippen molar-refractivity contribution in [3.63, 3.8) is 0 Å². The number of hydrogen-bond acceptors (Lipinski definition) is 2. The second-order valence-electron chi connectivity index (χ2n) is 4.80. The summed E-state index contributed by atoms with van der Waals surface area (Å²) < 4.78 is 0. The van der Waals surface area contributed by atoms with E-state index in [1.54, 1.807) is 0 Å². The van der Waals surface area contributed by atoms with Crippen LogP contribution in [-0.2, 0) is 4.79 Å². The van der Waals surface area contributed by atoms with Crippen LogP contribution in [0, 0.1) is 0 Å². The largest absolute Gasteiger partial charge is 0.356 e. The first kappa shape index (κ1) is 16.4. The zero-order valence-corrected chi connectivity index (χ0v) is 11.8. The zero-order valence-electron chi connectivity index (χ0n) is 11.8. The SMILES string of the molecule is CCCCCCC(C)NCCC(=O)NCCC. The molecule has 2 N–H and O–H groups in total. The zero-order chi connectivity index (χ0) is 12.9. The fraction of sp³-hybridized carbons (Fsp3) is 0.929. The molecule has 102 valence electrons. The number of rotatable bonds is 11. The first-order valence-electron chi connectivity index (χ1n) is 7.20. The normalized spacial score (nSPS) is 12.4. The van der Waals surface area contributed by atoms with Gasteiger partial charge in [0.25, 0.3) is 0 Å². The molecule has 1 atom stereocenters. The number of amides is 1. The van der Waals surface area contributed by atoms with Gasteiger partial charge >= 0.3 is 0 Å². The van der Waals surface area contributed by atoms with Crippen LogP contribution in [0.15, 0.2) is 0 Å². The predicted molar refractivity (Wildman–Crippen MR) is 74.1 cm³/mol. The van der Waals surface area contributed by atoms with E-state index in [9.17, 15) is 4.79 Å². The van der Waals surface area contributed by atoms with Crippen molar-refractivity contribution in [2.45, 2.75) is 71.8 Å². The molecule has 17 heavy (non-hydrogen) atoms. The maximum absolute atomic E-state index is 11.3. The van der Waals surface area contributed by atoms with Gasteiger partial charge in [-0.1, -0.05) is 39.5 Å². The number of nitrogens with one attached hydrogen (secondary N) is 2. The molecule has 3 nitrogen and oxygen atoms in total. The summed E-state index contributed by atoms with van der Waals surface area (Å²) in [6.45, 7) is 8.10. The Morgan fingerprint density at radius 3 is 2.47 bits per heavy atom. The molecule has 3 heteroatoms. The lowest BCUT2D eigenvalue weighted by molar-refractivity contribution is -0.121. The lowest BCUT2D eigenvalue weighted by Gasteiger charge is -2.13. The Balaban J connectivity index is 3.31. The van der Waals surface area contributed by atoms with Gasteiger partial charge in [0, 0.05) is 25.6 Å². The molecule has 0 aliphatic rings. The molecule has 0 spiro atoms. The molecule has 1 unspecified atom stereocenters. The van der Waals surface area contributed by atoms with Crippen LogP contribution in [0.3, 0.4) is 0 Å². The summed E-state index contributed by atoms with van der Waals surface area (Å²) in [7, 11) is 0. The highest BCUT2D eigenvalue weighted by Gasteiger charge is 2.03. The summed E-state index contributed by atoms with van der Waals surface area (Å²) in [5.41, 5.74) is 0.